The number of nitrogens with one attached hydrogen (secondary N) is 1. The summed E-state index contributed by atoms with van der Waals surface area (Å²) in [6.07, 6.45) is 3.26. The van der Waals surface area contributed by atoms with Gasteiger partial charge in [0.25, 0.3) is 0 Å². The summed E-state index contributed by atoms with van der Waals surface area (Å²) in [6, 6.07) is 4.57. The van der Waals surface area contributed by atoms with Gasteiger partial charge in [0, 0.05) is 5.69 Å². The maximum Gasteiger partial charge on any atom is 0.335 e. The maximum absolute atomic E-state index is 11.9. The Hall–Kier alpha value is -2.04. The minimum atomic E-state index is -0.970. The zero-order valence-corrected chi connectivity index (χ0v) is 11.5. The molecular formula is C15H19NO4. The van der Waals surface area contributed by atoms with Crippen LogP contribution in [0.4, 0.5) is 5.69 Å². The van der Waals surface area contributed by atoms with Gasteiger partial charge in [-0.25, -0.2) is 9.59 Å². The summed E-state index contributed by atoms with van der Waals surface area (Å²) in [5, 5.41) is 12.1. The maximum atomic E-state index is 11.9. The van der Waals surface area contributed by atoms with Crippen LogP contribution in [0.3, 0.4) is 0 Å². The van der Waals surface area contributed by atoms with Gasteiger partial charge in [-0.15, -0.1) is 0 Å². The van der Waals surface area contributed by atoms with Gasteiger partial charge in [-0.3, -0.25) is 0 Å². The second-order valence-corrected chi connectivity index (χ2v) is 4.93. The average Bonchev–Trinajstić information content (AvgIpc) is 2.46. The van der Waals surface area contributed by atoms with Gasteiger partial charge in [0.15, 0.2) is 0 Å². The predicted octanol–water partition coefficient (Wildman–Crippen LogP) is 2.45. The van der Waals surface area contributed by atoms with Crippen molar-refractivity contribution in [2.24, 2.45) is 0 Å². The molecule has 1 unspecified atom stereocenters. The van der Waals surface area contributed by atoms with Crippen molar-refractivity contribution in [1.29, 1.82) is 0 Å². The number of carbonyl (C=O) groups excluding carboxylic acids is 1. The summed E-state index contributed by atoms with van der Waals surface area (Å²) >= 11 is 0. The first-order valence-corrected chi connectivity index (χ1v) is 6.91. The number of esters is 1. The number of carboxylic acids is 1. The number of benzene rings is 1. The first-order chi connectivity index (χ1) is 9.61. The van der Waals surface area contributed by atoms with Gasteiger partial charge in [0.05, 0.1) is 12.2 Å². The molecule has 0 bridgehead atoms. The Balaban J connectivity index is 2.03. The lowest BCUT2D eigenvalue weighted by Crippen LogP contribution is -2.35. The van der Waals surface area contributed by atoms with E-state index in [2.05, 4.69) is 5.32 Å². The second-order valence-electron chi connectivity index (χ2n) is 4.93. The van der Waals surface area contributed by atoms with Crippen molar-refractivity contribution in [3.05, 3.63) is 29.3 Å². The van der Waals surface area contributed by atoms with Crippen LogP contribution in [0.5, 0.6) is 0 Å². The molecule has 5 nitrogen and oxygen atoms in total. The molecule has 1 aromatic rings. The summed E-state index contributed by atoms with van der Waals surface area (Å²) < 4.78 is 5.20. The lowest BCUT2D eigenvalue weighted by molar-refractivity contribution is -0.144. The highest BCUT2D eigenvalue weighted by Gasteiger charge is 2.25. The van der Waals surface area contributed by atoms with E-state index in [0.29, 0.717) is 18.7 Å². The minimum Gasteiger partial charge on any atom is -0.478 e. The molecule has 1 atom stereocenters. The molecule has 1 aliphatic heterocycles. The molecule has 0 fully saturated rings. The Kier molecular flexibility index (Phi) is 4.61. The van der Waals surface area contributed by atoms with Crippen LogP contribution in [0.2, 0.25) is 0 Å². The molecule has 108 valence electrons. The summed E-state index contributed by atoms with van der Waals surface area (Å²) in [6.45, 7) is 2.48. The number of unbranched alkanes of at least 4 members (excludes halogenated alkanes) is 1. The number of rotatable bonds is 5. The van der Waals surface area contributed by atoms with Crippen molar-refractivity contribution in [2.45, 2.75) is 38.6 Å². The molecule has 0 aliphatic carbocycles. The van der Waals surface area contributed by atoms with Gasteiger partial charge < -0.3 is 15.2 Å². The number of aryl methyl sites for hydroxylation is 1. The van der Waals surface area contributed by atoms with Crippen LogP contribution in [-0.2, 0) is 16.0 Å². The first kappa shape index (κ1) is 14.4. The number of carboxylic acid groups (broad SMARTS) is 1. The van der Waals surface area contributed by atoms with Gasteiger partial charge in [0.2, 0.25) is 0 Å². The van der Waals surface area contributed by atoms with Crippen molar-refractivity contribution < 1.29 is 19.4 Å². The Labute approximate surface area is 117 Å². The highest BCUT2D eigenvalue weighted by atomic mass is 16.5. The lowest BCUT2D eigenvalue weighted by Gasteiger charge is -2.25. The first-order valence-electron chi connectivity index (χ1n) is 6.91. The molecule has 0 radical (unpaired) electrons. The lowest BCUT2D eigenvalue weighted by atomic mass is 9.96. The summed E-state index contributed by atoms with van der Waals surface area (Å²) in [5.41, 5.74) is 1.97. The number of fused-ring (bicyclic) bond motifs is 1. The van der Waals surface area contributed by atoms with Crippen LogP contribution >= 0.6 is 0 Å². The molecule has 5 heteroatoms. The van der Waals surface area contributed by atoms with Crippen LogP contribution in [-0.4, -0.2) is 29.7 Å². The van der Waals surface area contributed by atoms with Crippen LogP contribution in [0, 0.1) is 0 Å². The molecule has 1 heterocycles. The van der Waals surface area contributed by atoms with E-state index in [1.54, 1.807) is 18.2 Å². The minimum absolute atomic E-state index is 0.219. The normalized spacial score (nSPS) is 16.9. The van der Waals surface area contributed by atoms with Gasteiger partial charge in [-0.2, -0.15) is 0 Å². The topological polar surface area (TPSA) is 75.6 Å². The molecule has 1 aliphatic rings. The number of aromatic carboxylic acids is 1. The Morgan fingerprint density at radius 3 is 2.95 bits per heavy atom. The Morgan fingerprint density at radius 2 is 2.25 bits per heavy atom. The van der Waals surface area contributed by atoms with E-state index in [-0.39, 0.29) is 17.6 Å². The van der Waals surface area contributed by atoms with Crippen molar-refractivity contribution in [1.82, 2.24) is 0 Å². The van der Waals surface area contributed by atoms with Crippen LogP contribution in [0.1, 0.15) is 42.1 Å². The predicted molar refractivity (Wildman–Crippen MR) is 75.0 cm³/mol. The summed E-state index contributed by atoms with van der Waals surface area (Å²) in [4.78, 5) is 22.9. The molecule has 0 saturated heterocycles. The standard InChI is InChI=1S/C15H19NO4/c1-2-3-8-20-15(19)12-7-6-10-4-5-11(14(17)18)9-13(10)16-12/h4-5,9,12,16H,2-3,6-8H2,1H3,(H,17,18). The highest BCUT2D eigenvalue weighted by Crippen LogP contribution is 2.26. The molecule has 2 N–H and O–H groups in total. The third-order valence-corrected chi connectivity index (χ3v) is 3.42. The zero-order chi connectivity index (χ0) is 14.5. The van der Waals surface area contributed by atoms with E-state index >= 15 is 0 Å². The molecule has 2 rings (SSSR count). The fourth-order valence-corrected chi connectivity index (χ4v) is 2.22. The number of hydrogen-bond donors (Lipinski definition) is 2. The highest BCUT2D eigenvalue weighted by molar-refractivity contribution is 5.90. The Bertz CT molecular complexity index is 513. The van der Waals surface area contributed by atoms with E-state index in [4.69, 9.17) is 9.84 Å². The Morgan fingerprint density at radius 1 is 1.45 bits per heavy atom. The number of ether oxygens (including phenoxy) is 1. The van der Waals surface area contributed by atoms with E-state index in [1.165, 1.54) is 0 Å². The zero-order valence-electron chi connectivity index (χ0n) is 11.5. The largest absolute Gasteiger partial charge is 0.478 e. The molecule has 0 amide bonds. The molecule has 20 heavy (non-hydrogen) atoms. The van der Waals surface area contributed by atoms with Crippen molar-refractivity contribution in [3.8, 4) is 0 Å². The molecule has 0 spiro atoms. The summed E-state index contributed by atoms with van der Waals surface area (Å²) in [7, 11) is 0. The molecular weight excluding hydrogens is 258 g/mol. The van der Waals surface area contributed by atoms with Crippen molar-refractivity contribution in [2.75, 3.05) is 11.9 Å². The fourth-order valence-electron chi connectivity index (χ4n) is 2.22. The van der Waals surface area contributed by atoms with E-state index in [9.17, 15) is 9.59 Å². The molecule has 1 aromatic carbocycles. The van der Waals surface area contributed by atoms with Gasteiger partial charge >= 0.3 is 11.9 Å². The smallest absolute Gasteiger partial charge is 0.335 e. The monoisotopic (exact) mass is 277 g/mol. The van der Waals surface area contributed by atoms with E-state index < -0.39 is 5.97 Å². The second kappa shape index (κ2) is 6.41. The van der Waals surface area contributed by atoms with Crippen molar-refractivity contribution in [3.63, 3.8) is 0 Å². The number of anilines is 1. The van der Waals surface area contributed by atoms with E-state index in [0.717, 1.165) is 24.8 Å². The van der Waals surface area contributed by atoms with Crippen LogP contribution in [0.25, 0.3) is 0 Å². The third-order valence-electron chi connectivity index (χ3n) is 3.42. The summed E-state index contributed by atoms with van der Waals surface area (Å²) in [5.74, 6) is -1.23. The SMILES string of the molecule is CCCCOC(=O)C1CCc2ccc(C(=O)O)cc2N1. The van der Waals surface area contributed by atoms with Crippen molar-refractivity contribution >= 4 is 17.6 Å². The quantitative estimate of drug-likeness (QED) is 0.638. The van der Waals surface area contributed by atoms with Gasteiger partial charge in [0.1, 0.15) is 6.04 Å². The molecule has 0 aromatic heterocycles. The number of hydrogen-bond acceptors (Lipinski definition) is 4. The van der Waals surface area contributed by atoms with Crippen LogP contribution in [0.15, 0.2) is 18.2 Å². The molecule has 0 saturated carbocycles. The van der Waals surface area contributed by atoms with E-state index in [1.807, 2.05) is 6.92 Å². The van der Waals surface area contributed by atoms with Crippen LogP contribution < -0.4 is 5.32 Å². The van der Waals surface area contributed by atoms with Gasteiger partial charge in [-0.1, -0.05) is 19.4 Å². The average molecular weight is 277 g/mol. The third kappa shape index (κ3) is 3.29. The van der Waals surface area contributed by atoms with Gasteiger partial charge in [-0.05, 0) is 37.0 Å². The fraction of sp³-hybridized carbons (Fsp3) is 0.467. The number of carbonyl (C=O) groups is 2.